The summed E-state index contributed by atoms with van der Waals surface area (Å²) in [6.45, 7) is 1.82. The van der Waals surface area contributed by atoms with Gasteiger partial charge >= 0.3 is 5.97 Å². The smallest absolute Gasteiger partial charge is 0.303 e. The van der Waals surface area contributed by atoms with Crippen LogP contribution in [0, 0.1) is 24.1 Å². The number of carboxylic acids is 1. The van der Waals surface area contributed by atoms with Gasteiger partial charge in [0.05, 0.1) is 17.7 Å². The van der Waals surface area contributed by atoms with Crippen LogP contribution < -0.4 is 5.73 Å². The largest absolute Gasteiger partial charge is 0.481 e. The molecule has 1 aromatic heterocycles. The molecule has 0 aliphatic carbocycles. The van der Waals surface area contributed by atoms with Gasteiger partial charge in [0.2, 0.25) is 5.91 Å². The maximum absolute atomic E-state index is 13.8. The minimum atomic E-state index is -0.923. The predicted octanol–water partition coefficient (Wildman–Crippen LogP) is 3.58. The fourth-order valence-corrected chi connectivity index (χ4v) is 3.25. The Balaban J connectivity index is 2.20. The number of benzene rings is 2. The summed E-state index contributed by atoms with van der Waals surface area (Å²) in [7, 11) is 0. The van der Waals surface area contributed by atoms with E-state index in [1.165, 1.54) is 12.1 Å². The fourth-order valence-electron chi connectivity index (χ4n) is 3.25. The van der Waals surface area contributed by atoms with Gasteiger partial charge in [0.25, 0.3) is 0 Å². The number of nitrogens with two attached hydrogens (primary N) is 1. The molecule has 0 radical (unpaired) electrons. The highest BCUT2D eigenvalue weighted by Gasteiger charge is 2.16. The lowest BCUT2D eigenvalue weighted by atomic mass is 10.1. The summed E-state index contributed by atoms with van der Waals surface area (Å²) >= 11 is 0. The summed E-state index contributed by atoms with van der Waals surface area (Å²) in [5.41, 5.74) is 9.16. The van der Waals surface area contributed by atoms with E-state index in [2.05, 4.69) is 0 Å². The van der Waals surface area contributed by atoms with E-state index in [-0.39, 0.29) is 18.4 Å². The van der Waals surface area contributed by atoms with E-state index in [0.717, 1.165) is 16.9 Å². The van der Waals surface area contributed by atoms with E-state index < -0.39 is 17.7 Å². The van der Waals surface area contributed by atoms with Gasteiger partial charge in [0.1, 0.15) is 11.9 Å². The molecule has 0 bridgehead atoms. The Morgan fingerprint density at radius 1 is 1.17 bits per heavy atom. The third kappa shape index (κ3) is 4.01. The maximum Gasteiger partial charge on any atom is 0.303 e. The second-order valence-electron chi connectivity index (χ2n) is 6.61. The Morgan fingerprint density at radius 2 is 1.93 bits per heavy atom. The molecule has 0 fully saturated rings. The van der Waals surface area contributed by atoms with Crippen molar-refractivity contribution in [2.75, 3.05) is 0 Å². The van der Waals surface area contributed by atoms with E-state index in [1.54, 1.807) is 36.4 Å². The Morgan fingerprint density at radius 3 is 2.55 bits per heavy atom. The molecule has 0 saturated heterocycles. The molecule has 29 heavy (non-hydrogen) atoms. The lowest BCUT2D eigenvalue weighted by Gasteiger charge is -2.17. The highest BCUT2D eigenvalue weighted by molar-refractivity contribution is 5.93. The molecule has 7 heteroatoms. The highest BCUT2D eigenvalue weighted by atomic mass is 19.1. The summed E-state index contributed by atoms with van der Waals surface area (Å²) in [6.07, 6.45) is 0.216. The summed E-state index contributed by atoms with van der Waals surface area (Å²) < 4.78 is 15.6. The zero-order chi connectivity index (χ0) is 21.1. The highest BCUT2D eigenvalue weighted by Crippen LogP contribution is 2.30. The molecule has 3 aromatic rings. The number of nitrogens with zero attached hydrogens (tertiary/aromatic N) is 2. The molecule has 0 aliphatic rings. The SMILES string of the molecule is Cc1cc(C(N)=O)ccc1-n1c(CCC(=O)O)ccc1-c1ccc(F)c(C#N)c1. The number of carbonyl (C=O) groups excluding carboxylic acids is 1. The molecule has 0 saturated carbocycles. The first-order valence-corrected chi connectivity index (χ1v) is 8.85. The number of hydrogen-bond donors (Lipinski definition) is 2. The predicted molar refractivity (Wildman–Crippen MR) is 105 cm³/mol. The van der Waals surface area contributed by atoms with Crippen molar-refractivity contribution < 1.29 is 19.1 Å². The lowest BCUT2D eigenvalue weighted by Crippen LogP contribution is -2.12. The number of amides is 1. The van der Waals surface area contributed by atoms with Crippen molar-refractivity contribution in [3.05, 3.63) is 76.7 Å². The van der Waals surface area contributed by atoms with Crippen LogP contribution in [0.1, 0.15) is 33.6 Å². The van der Waals surface area contributed by atoms with E-state index in [4.69, 9.17) is 16.1 Å². The topological polar surface area (TPSA) is 109 Å². The van der Waals surface area contributed by atoms with Gasteiger partial charge in [-0.15, -0.1) is 0 Å². The van der Waals surface area contributed by atoms with Crippen molar-refractivity contribution in [1.82, 2.24) is 4.57 Å². The monoisotopic (exact) mass is 391 g/mol. The van der Waals surface area contributed by atoms with Crippen LogP contribution in [0.15, 0.2) is 48.5 Å². The average Bonchev–Trinajstić information content (AvgIpc) is 3.10. The Labute approximate surface area is 166 Å². The van der Waals surface area contributed by atoms with Crippen LogP contribution in [-0.4, -0.2) is 21.6 Å². The van der Waals surface area contributed by atoms with Crippen LogP contribution in [-0.2, 0) is 11.2 Å². The van der Waals surface area contributed by atoms with E-state index >= 15 is 0 Å². The average molecular weight is 391 g/mol. The normalized spacial score (nSPS) is 10.5. The first kappa shape index (κ1) is 19.8. The van der Waals surface area contributed by atoms with Crippen LogP contribution in [0.4, 0.5) is 4.39 Å². The van der Waals surface area contributed by atoms with Crippen LogP contribution >= 0.6 is 0 Å². The van der Waals surface area contributed by atoms with Gasteiger partial charge in [-0.2, -0.15) is 5.26 Å². The molecule has 0 unspecified atom stereocenters. The molecule has 0 atom stereocenters. The lowest BCUT2D eigenvalue weighted by molar-refractivity contribution is -0.136. The zero-order valence-corrected chi connectivity index (χ0v) is 15.6. The van der Waals surface area contributed by atoms with Crippen LogP contribution in [0.2, 0.25) is 0 Å². The van der Waals surface area contributed by atoms with Crippen LogP contribution in [0.5, 0.6) is 0 Å². The number of nitriles is 1. The van der Waals surface area contributed by atoms with E-state index in [0.29, 0.717) is 16.8 Å². The molecule has 1 amide bonds. The van der Waals surface area contributed by atoms with Gasteiger partial charge in [-0.3, -0.25) is 9.59 Å². The molecular weight excluding hydrogens is 373 g/mol. The van der Waals surface area contributed by atoms with Gasteiger partial charge in [-0.25, -0.2) is 4.39 Å². The minimum Gasteiger partial charge on any atom is -0.481 e. The van der Waals surface area contributed by atoms with Crippen molar-refractivity contribution in [1.29, 1.82) is 5.26 Å². The number of rotatable bonds is 6. The molecule has 146 valence electrons. The van der Waals surface area contributed by atoms with Gasteiger partial charge in [0.15, 0.2) is 0 Å². The number of carboxylic acid groups (broad SMARTS) is 1. The zero-order valence-electron chi connectivity index (χ0n) is 15.6. The van der Waals surface area contributed by atoms with Crippen LogP contribution in [0.3, 0.4) is 0 Å². The van der Waals surface area contributed by atoms with Gasteiger partial charge in [0, 0.05) is 22.5 Å². The quantitative estimate of drug-likeness (QED) is 0.669. The molecule has 6 nitrogen and oxygen atoms in total. The van der Waals surface area contributed by atoms with Gasteiger partial charge < -0.3 is 15.4 Å². The summed E-state index contributed by atoms with van der Waals surface area (Å²) in [5.74, 6) is -2.08. The molecule has 0 aliphatic heterocycles. The number of aryl methyl sites for hydroxylation is 2. The first-order chi connectivity index (χ1) is 13.8. The molecule has 2 aromatic carbocycles. The van der Waals surface area contributed by atoms with E-state index in [1.807, 2.05) is 17.6 Å². The minimum absolute atomic E-state index is 0.0608. The second kappa shape index (κ2) is 7.98. The Kier molecular flexibility index (Phi) is 5.46. The number of aliphatic carboxylic acids is 1. The summed E-state index contributed by atoms with van der Waals surface area (Å²) in [4.78, 5) is 22.5. The van der Waals surface area contributed by atoms with Crippen molar-refractivity contribution in [3.8, 4) is 23.0 Å². The van der Waals surface area contributed by atoms with Gasteiger partial charge in [-0.1, -0.05) is 0 Å². The molecule has 1 heterocycles. The van der Waals surface area contributed by atoms with E-state index in [9.17, 15) is 14.0 Å². The molecule has 3 rings (SSSR count). The molecule has 0 spiro atoms. The van der Waals surface area contributed by atoms with Crippen molar-refractivity contribution >= 4 is 11.9 Å². The van der Waals surface area contributed by atoms with Crippen LogP contribution in [0.25, 0.3) is 16.9 Å². The third-order valence-electron chi connectivity index (χ3n) is 4.66. The van der Waals surface area contributed by atoms with Crippen molar-refractivity contribution in [3.63, 3.8) is 0 Å². The number of primary amides is 1. The Bertz CT molecular complexity index is 1160. The van der Waals surface area contributed by atoms with Crippen molar-refractivity contribution in [2.45, 2.75) is 19.8 Å². The number of halogens is 1. The Hall–Kier alpha value is -3.92. The second-order valence-corrected chi connectivity index (χ2v) is 6.61. The number of aromatic nitrogens is 1. The third-order valence-corrected chi connectivity index (χ3v) is 4.66. The standard InChI is InChI=1S/C22H18FN3O3/c1-13-10-15(22(25)29)3-7-19(13)26-17(5-9-21(27)28)4-8-20(26)14-2-6-18(23)16(11-14)12-24/h2-4,6-8,10-11H,5,9H2,1H3,(H2,25,29)(H,27,28). The molecular formula is C22H18FN3O3. The molecule has 3 N–H and O–H groups in total. The summed E-state index contributed by atoms with van der Waals surface area (Å²) in [6, 6.07) is 14.7. The maximum atomic E-state index is 13.8. The van der Waals surface area contributed by atoms with Gasteiger partial charge in [-0.05, 0) is 67.4 Å². The van der Waals surface area contributed by atoms with Crippen molar-refractivity contribution in [2.24, 2.45) is 5.73 Å². The fraction of sp³-hybridized carbons (Fsp3) is 0.136. The summed E-state index contributed by atoms with van der Waals surface area (Å²) in [5, 5.41) is 18.2. The first-order valence-electron chi connectivity index (χ1n) is 8.85. The number of carbonyl (C=O) groups is 2. The number of hydrogen-bond acceptors (Lipinski definition) is 3.